The number of benzene rings is 2. The zero-order valence-corrected chi connectivity index (χ0v) is 17.4. The maximum Gasteiger partial charge on any atom is 0.363 e. The summed E-state index contributed by atoms with van der Waals surface area (Å²) >= 11 is 6.31. The van der Waals surface area contributed by atoms with Gasteiger partial charge in [0.25, 0.3) is 5.69 Å². The molecule has 2 aromatic rings. The number of nitro benzene ring substituents is 1. The third-order valence-corrected chi connectivity index (χ3v) is 4.56. The second kappa shape index (κ2) is 8.96. The molecule has 0 saturated carbocycles. The first kappa shape index (κ1) is 21.3. The number of methoxy groups -OCH3 is 1. The molecule has 0 spiro atoms. The Morgan fingerprint density at radius 1 is 1.30 bits per heavy atom. The summed E-state index contributed by atoms with van der Waals surface area (Å²) in [6, 6.07) is 7.80. The summed E-state index contributed by atoms with van der Waals surface area (Å²) < 4.78 is 16.2. The third-order valence-electron chi connectivity index (χ3n) is 4.28. The van der Waals surface area contributed by atoms with Crippen molar-refractivity contribution < 1.29 is 23.9 Å². The van der Waals surface area contributed by atoms with Crippen LogP contribution >= 0.6 is 11.6 Å². The van der Waals surface area contributed by atoms with Crippen LogP contribution in [0.4, 0.5) is 5.69 Å². The van der Waals surface area contributed by atoms with Gasteiger partial charge in [-0.3, -0.25) is 10.1 Å². The summed E-state index contributed by atoms with van der Waals surface area (Å²) in [4.78, 5) is 27.1. The number of hydrogen-bond acceptors (Lipinski definition) is 7. The summed E-state index contributed by atoms with van der Waals surface area (Å²) in [6.07, 6.45) is 2.31. The highest BCUT2D eigenvalue weighted by Crippen LogP contribution is 2.37. The number of esters is 1. The molecule has 30 heavy (non-hydrogen) atoms. The molecule has 1 heterocycles. The van der Waals surface area contributed by atoms with Crippen molar-refractivity contribution in [2.75, 3.05) is 13.7 Å². The lowest BCUT2D eigenvalue weighted by Crippen LogP contribution is -2.06. The van der Waals surface area contributed by atoms with Gasteiger partial charge in [-0.05, 0) is 43.2 Å². The summed E-state index contributed by atoms with van der Waals surface area (Å²) in [5.74, 6) is 0.172. The lowest BCUT2D eigenvalue weighted by molar-refractivity contribution is -0.385. The molecule has 0 aliphatic carbocycles. The number of aryl methyl sites for hydroxylation is 1. The number of rotatable bonds is 7. The molecule has 2 aromatic carbocycles. The van der Waals surface area contributed by atoms with Gasteiger partial charge >= 0.3 is 5.97 Å². The molecule has 8 nitrogen and oxygen atoms in total. The van der Waals surface area contributed by atoms with E-state index in [9.17, 15) is 14.9 Å². The van der Waals surface area contributed by atoms with Crippen molar-refractivity contribution in [3.8, 4) is 11.5 Å². The number of nitrogens with zero attached hydrogens (tertiary/aromatic N) is 2. The number of aliphatic imine (C=N–C) groups is 1. The molecule has 0 N–H and O–H groups in total. The average Bonchev–Trinajstić information content (AvgIpc) is 3.07. The summed E-state index contributed by atoms with van der Waals surface area (Å²) in [7, 11) is 1.49. The van der Waals surface area contributed by atoms with E-state index in [4.69, 9.17) is 25.8 Å². The van der Waals surface area contributed by atoms with Gasteiger partial charge in [0, 0.05) is 17.2 Å². The van der Waals surface area contributed by atoms with Crippen molar-refractivity contribution in [3.63, 3.8) is 0 Å². The van der Waals surface area contributed by atoms with Crippen molar-refractivity contribution in [2.24, 2.45) is 4.99 Å². The molecule has 0 atom stereocenters. The molecule has 9 heteroatoms. The van der Waals surface area contributed by atoms with Gasteiger partial charge < -0.3 is 14.2 Å². The largest absolute Gasteiger partial charge is 0.493 e. The van der Waals surface area contributed by atoms with Crippen LogP contribution in [0, 0.1) is 17.0 Å². The molecule has 1 aliphatic heterocycles. The van der Waals surface area contributed by atoms with E-state index >= 15 is 0 Å². The van der Waals surface area contributed by atoms with E-state index in [-0.39, 0.29) is 17.3 Å². The highest BCUT2D eigenvalue weighted by Gasteiger charge is 2.26. The quantitative estimate of drug-likeness (QED) is 0.273. The predicted molar refractivity (Wildman–Crippen MR) is 112 cm³/mol. The highest BCUT2D eigenvalue weighted by molar-refractivity contribution is 6.32. The first-order valence-corrected chi connectivity index (χ1v) is 9.50. The molecule has 0 bridgehead atoms. The van der Waals surface area contributed by atoms with Crippen LogP contribution in [0.25, 0.3) is 6.08 Å². The monoisotopic (exact) mass is 430 g/mol. The highest BCUT2D eigenvalue weighted by atomic mass is 35.5. The fourth-order valence-electron chi connectivity index (χ4n) is 2.80. The van der Waals surface area contributed by atoms with Crippen LogP contribution in [0.5, 0.6) is 11.5 Å². The van der Waals surface area contributed by atoms with Gasteiger partial charge in [-0.25, -0.2) is 9.79 Å². The normalized spacial score (nSPS) is 14.5. The molecule has 0 unspecified atom stereocenters. The van der Waals surface area contributed by atoms with Crippen LogP contribution < -0.4 is 9.47 Å². The van der Waals surface area contributed by atoms with Gasteiger partial charge in [0.15, 0.2) is 17.2 Å². The molecular formula is C21H19ClN2O6. The summed E-state index contributed by atoms with van der Waals surface area (Å²) in [5, 5.41) is 11.5. The molecule has 0 fully saturated rings. The van der Waals surface area contributed by atoms with Crippen molar-refractivity contribution in [1.29, 1.82) is 0 Å². The van der Waals surface area contributed by atoms with E-state index < -0.39 is 10.9 Å². The molecule has 0 radical (unpaired) electrons. The zero-order chi connectivity index (χ0) is 21.8. The van der Waals surface area contributed by atoms with E-state index in [1.807, 2.05) is 6.92 Å². The first-order valence-electron chi connectivity index (χ1n) is 9.12. The first-order chi connectivity index (χ1) is 14.3. The summed E-state index contributed by atoms with van der Waals surface area (Å²) in [5.41, 5.74) is 1.35. The minimum atomic E-state index is -0.672. The van der Waals surface area contributed by atoms with Gasteiger partial charge in [0.1, 0.15) is 0 Å². The minimum absolute atomic E-state index is 0.00434. The molecule has 3 rings (SSSR count). The second-order valence-electron chi connectivity index (χ2n) is 6.48. The van der Waals surface area contributed by atoms with Crippen LogP contribution in [-0.4, -0.2) is 30.5 Å². The van der Waals surface area contributed by atoms with E-state index in [0.29, 0.717) is 39.8 Å². The van der Waals surface area contributed by atoms with Crippen molar-refractivity contribution in [2.45, 2.75) is 20.3 Å². The van der Waals surface area contributed by atoms with Crippen LogP contribution in [0.2, 0.25) is 5.02 Å². The van der Waals surface area contributed by atoms with Crippen LogP contribution in [-0.2, 0) is 9.53 Å². The molecular weight excluding hydrogens is 412 g/mol. The van der Waals surface area contributed by atoms with Crippen molar-refractivity contribution in [1.82, 2.24) is 0 Å². The summed E-state index contributed by atoms with van der Waals surface area (Å²) in [6.45, 7) is 4.09. The molecule has 156 valence electrons. The second-order valence-corrected chi connectivity index (χ2v) is 6.88. The number of ether oxygens (including phenoxy) is 3. The fourth-order valence-corrected chi connectivity index (χ4v) is 3.07. The number of hydrogen-bond donors (Lipinski definition) is 0. The molecule has 1 aliphatic rings. The Morgan fingerprint density at radius 2 is 2.07 bits per heavy atom. The fraction of sp³-hybridized carbons (Fsp3) is 0.238. The lowest BCUT2D eigenvalue weighted by Gasteiger charge is -2.12. The van der Waals surface area contributed by atoms with Crippen LogP contribution in [0.1, 0.15) is 30.0 Å². The molecule has 0 aromatic heterocycles. The standard InChI is InChI=1S/C21H19ClN2O6/c1-4-7-29-19-15(22)8-13(10-18(19)28-3)9-16-21(25)30-20(23-16)14-6-5-12(2)17(11-14)24(26)27/h5-6,8-11H,4,7H2,1-3H3/b16-9-. The Bertz CT molecular complexity index is 1080. The van der Waals surface area contributed by atoms with Gasteiger partial charge in [-0.2, -0.15) is 0 Å². The Morgan fingerprint density at radius 3 is 2.73 bits per heavy atom. The average molecular weight is 431 g/mol. The number of halogens is 1. The third kappa shape index (κ3) is 4.44. The van der Waals surface area contributed by atoms with Gasteiger partial charge in [0.2, 0.25) is 5.90 Å². The van der Waals surface area contributed by atoms with Gasteiger partial charge in [-0.1, -0.05) is 24.6 Å². The SMILES string of the molecule is CCCOc1c(Cl)cc(/C=C2\N=C(c3ccc(C)c([N+](=O)[O-])c3)OC2=O)cc1OC. The maximum absolute atomic E-state index is 12.3. The zero-order valence-electron chi connectivity index (χ0n) is 16.6. The van der Waals surface area contributed by atoms with Gasteiger partial charge in [0.05, 0.1) is 23.7 Å². The Labute approximate surface area is 177 Å². The Hall–Kier alpha value is -3.39. The smallest absolute Gasteiger partial charge is 0.363 e. The maximum atomic E-state index is 12.3. The van der Waals surface area contributed by atoms with E-state index in [2.05, 4.69) is 4.99 Å². The van der Waals surface area contributed by atoms with Gasteiger partial charge in [-0.15, -0.1) is 0 Å². The number of carbonyl (C=O) groups excluding carboxylic acids is 1. The minimum Gasteiger partial charge on any atom is -0.493 e. The van der Waals surface area contributed by atoms with Crippen molar-refractivity contribution >= 4 is 35.2 Å². The van der Waals surface area contributed by atoms with Crippen LogP contribution in [0.15, 0.2) is 41.0 Å². The predicted octanol–water partition coefficient (Wildman–Crippen LogP) is 4.70. The molecule has 0 saturated heterocycles. The Balaban J connectivity index is 1.96. The van der Waals surface area contributed by atoms with E-state index in [1.165, 1.54) is 19.3 Å². The van der Waals surface area contributed by atoms with E-state index in [0.717, 1.165) is 6.42 Å². The lowest BCUT2D eigenvalue weighted by atomic mass is 10.1. The Kier molecular flexibility index (Phi) is 6.37. The van der Waals surface area contributed by atoms with Crippen LogP contribution in [0.3, 0.4) is 0 Å². The molecule has 0 amide bonds. The van der Waals surface area contributed by atoms with Crippen molar-refractivity contribution in [3.05, 3.63) is 67.9 Å². The number of carbonyl (C=O) groups is 1. The topological polar surface area (TPSA) is 100 Å². The number of nitro groups is 1. The number of cyclic esters (lactones) is 1. The van der Waals surface area contributed by atoms with E-state index in [1.54, 1.807) is 31.2 Å².